The van der Waals surface area contributed by atoms with Gasteiger partial charge in [-0.2, -0.15) is 0 Å². The molecule has 4 rings (SSSR count). The van der Waals surface area contributed by atoms with Crippen molar-refractivity contribution < 1.29 is 18.4 Å². The molecule has 0 radical (unpaired) electrons. The van der Waals surface area contributed by atoms with E-state index in [0.717, 1.165) is 37.8 Å². The van der Waals surface area contributed by atoms with Crippen molar-refractivity contribution in [1.82, 2.24) is 10.6 Å². The van der Waals surface area contributed by atoms with Crippen molar-refractivity contribution in [2.45, 2.75) is 57.0 Å². The zero-order valence-electron chi connectivity index (χ0n) is 17.3. The standard InChI is InChI=1S/C24H27F2N3O2/c25-17-8-11-21(20(26)14-17)27-19-7-3-6-16(13-19)23(30)29-22(12-15-4-1-2-5-15)24(31)28-18-9-10-18/h3,6-8,11,13-15,18,22,27H,1-2,4-5,9-10,12H2,(H,28,31)(H,29,30)/t22-/m0/s1. The van der Waals surface area contributed by atoms with Gasteiger partial charge in [0, 0.05) is 23.4 Å². The molecule has 0 saturated heterocycles. The largest absolute Gasteiger partial charge is 0.353 e. The first-order valence-electron chi connectivity index (χ1n) is 10.9. The molecular weight excluding hydrogens is 400 g/mol. The van der Waals surface area contributed by atoms with Crippen LogP contribution in [0.4, 0.5) is 20.2 Å². The Morgan fingerprint density at radius 2 is 1.77 bits per heavy atom. The van der Waals surface area contributed by atoms with Crippen molar-refractivity contribution in [1.29, 1.82) is 0 Å². The zero-order chi connectivity index (χ0) is 21.8. The zero-order valence-corrected chi connectivity index (χ0v) is 17.3. The summed E-state index contributed by atoms with van der Waals surface area (Å²) in [6.45, 7) is 0. The molecule has 0 aromatic heterocycles. The molecule has 2 saturated carbocycles. The number of halogens is 2. The molecule has 31 heavy (non-hydrogen) atoms. The van der Waals surface area contributed by atoms with Crippen LogP contribution in [-0.2, 0) is 4.79 Å². The smallest absolute Gasteiger partial charge is 0.252 e. The molecule has 164 valence electrons. The fourth-order valence-electron chi connectivity index (χ4n) is 4.07. The van der Waals surface area contributed by atoms with Crippen molar-refractivity contribution in [3.05, 3.63) is 59.7 Å². The number of carbonyl (C=O) groups is 2. The van der Waals surface area contributed by atoms with E-state index in [4.69, 9.17) is 0 Å². The highest BCUT2D eigenvalue weighted by molar-refractivity contribution is 5.98. The van der Waals surface area contributed by atoms with E-state index in [1.165, 1.54) is 18.9 Å². The topological polar surface area (TPSA) is 70.2 Å². The van der Waals surface area contributed by atoms with Gasteiger partial charge in [0.05, 0.1) is 5.69 Å². The summed E-state index contributed by atoms with van der Waals surface area (Å²) in [6.07, 6.45) is 7.14. The molecule has 0 heterocycles. The molecular formula is C24H27F2N3O2. The van der Waals surface area contributed by atoms with Crippen LogP contribution in [0.2, 0.25) is 0 Å². The van der Waals surface area contributed by atoms with Gasteiger partial charge in [0.25, 0.3) is 5.91 Å². The van der Waals surface area contributed by atoms with Crippen LogP contribution in [0.1, 0.15) is 55.3 Å². The molecule has 0 unspecified atom stereocenters. The predicted molar refractivity (Wildman–Crippen MR) is 115 cm³/mol. The Morgan fingerprint density at radius 3 is 2.48 bits per heavy atom. The summed E-state index contributed by atoms with van der Waals surface area (Å²) in [6, 6.07) is 9.52. The minimum atomic E-state index is -0.719. The Morgan fingerprint density at radius 1 is 1.00 bits per heavy atom. The number of amides is 2. The van der Waals surface area contributed by atoms with E-state index < -0.39 is 17.7 Å². The average molecular weight is 427 g/mol. The quantitative estimate of drug-likeness (QED) is 0.574. The van der Waals surface area contributed by atoms with E-state index in [2.05, 4.69) is 16.0 Å². The first-order valence-corrected chi connectivity index (χ1v) is 10.9. The highest BCUT2D eigenvalue weighted by atomic mass is 19.1. The number of hydrogen-bond acceptors (Lipinski definition) is 3. The van der Waals surface area contributed by atoms with Crippen molar-refractivity contribution in [3.8, 4) is 0 Å². The first kappa shape index (κ1) is 21.3. The maximum Gasteiger partial charge on any atom is 0.252 e. The third-order valence-electron chi connectivity index (χ3n) is 5.92. The molecule has 2 aromatic rings. The van der Waals surface area contributed by atoms with E-state index in [-0.39, 0.29) is 23.5 Å². The van der Waals surface area contributed by atoms with Crippen LogP contribution in [0.25, 0.3) is 0 Å². The summed E-state index contributed by atoms with van der Waals surface area (Å²) < 4.78 is 27.1. The molecule has 3 N–H and O–H groups in total. The monoisotopic (exact) mass is 427 g/mol. The van der Waals surface area contributed by atoms with Gasteiger partial charge in [-0.05, 0) is 55.5 Å². The molecule has 5 nitrogen and oxygen atoms in total. The van der Waals surface area contributed by atoms with Crippen molar-refractivity contribution in [2.75, 3.05) is 5.32 Å². The van der Waals surface area contributed by atoms with Gasteiger partial charge < -0.3 is 16.0 Å². The van der Waals surface area contributed by atoms with Gasteiger partial charge >= 0.3 is 0 Å². The molecule has 2 aliphatic carbocycles. The molecule has 2 amide bonds. The summed E-state index contributed by atoms with van der Waals surface area (Å²) in [5, 5.41) is 8.76. The molecule has 2 aliphatic rings. The number of hydrogen-bond donors (Lipinski definition) is 3. The Bertz CT molecular complexity index is 956. The fourth-order valence-corrected chi connectivity index (χ4v) is 4.07. The van der Waals surface area contributed by atoms with Gasteiger partial charge in [-0.3, -0.25) is 9.59 Å². The Kier molecular flexibility index (Phi) is 6.49. The van der Waals surface area contributed by atoms with Crippen molar-refractivity contribution in [2.24, 2.45) is 5.92 Å². The minimum absolute atomic E-state index is 0.113. The second-order valence-electron chi connectivity index (χ2n) is 8.53. The molecule has 2 aromatic carbocycles. The second-order valence-corrected chi connectivity index (χ2v) is 8.53. The summed E-state index contributed by atoms with van der Waals surface area (Å²) in [5.41, 5.74) is 0.970. The van der Waals surface area contributed by atoms with Crippen molar-refractivity contribution >= 4 is 23.2 Å². The van der Waals surface area contributed by atoms with E-state index in [0.29, 0.717) is 23.6 Å². The third kappa shape index (κ3) is 5.81. The lowest BCUT2D eigenvalue weighted by Gasteiger charge is -2.21. The lowest BCUT2D eigenvalue weighted by atomic mass is 9.97. The third-order valence-corrected chi connectivity index (χ3v) is 5.92. The first-order chi connectivity index (χ1) is 15.0. The maximum atomic E-state index is 13.9. The van der Waals surface area contributed by atoms with Gasteiger partial charge in [0.15, 0.2) is 0 Å². The van der Waals surface area contributed by atoms with Crippen molar-refractivity contribution in [3.63, 3.8) is 0 Å². The van der Waals surface area contributed by atoms with Crippen LogP contribution >= 0.6 is 0 Å². The average Bonchev–Trinajstić information content (AvgIpc) is 3.41. The number of nitrogens with one attached hydrogen (secondary N) is 3. The van der Waals surface area contributed by atoms with Gasteiger partial charge in [-0.1, -0.05) is 31.7 Å². The lowest BCUT2D eigenvalue weighted by Crippen LogP contribution is -2.48. The Balaban J connectivity index is 1.44. The Labute approximate surface area is 180 Å². The summed E-state index contributed by atoms with van der Waals surface area (Å²) in [4.78, 5) is 25.6. The van der Waals surface area contributed by atoms with Crippen LogP contribution in [0.15, 0.2) is 42.5 Å². The van der Waals surface area contributed by atoms with Crippen LogP contribution < -0.4 is 16.0 Å². The van der Waals surface area contributed by atoms with E-state index >= 15 is 0 Å². The molecule has 0 aliphatic heterocycles. The van der Waals surface area contributed by atoms with E-state index in [1.54, 1.807) is 24.3 Å². The molecule has 0 bridgehead atoms. The number of rotatable bonds is 8. The highest BCUT2D eigenvalue weighted by Crippen LogP contribution is 2.29. The summed E-state index contributed by atoms with van der Waals surface area (Å²) >= 11 is 0. The van der Waals surface area contributed by atoms with E-state index in [9.17, 15) is 18.4 Å². The summed E-state index contributed by atoms with van der Waals surface area (Å²) in [5.74, 6) is -1.40. The molecule has 2 fully saturated rings. The van der Waals surface area contributed by atoms with Crippen LogP contribution in [0.5, 0.6) is 0 Å². The second kappa shape index (κ2) is 9.45. The van der Waals surface area contributed by atoms with E-state index in [1.807, 2.05) is 0 Å². The van der Waals surface area contributed by atoms with Gasteiger partial charge in [0.1, 0.15) is 17.7 Å². The lowest BCUT2D eigenvalue weighted by molar-refractivity contribution is -0.123. The summed E-state index contributed by atoms with van der Waals surface area (Å²) in [7, 11) is 0. The van der Waals surface area contributed by atoms with Gasteiger partial charge in [0.2, 0.25) is 5.91 Å². The SMILES string of the molecule is O=C(N[C@@H](CC1CCCC1)C(=O)NC1CC1)c1cccc(Nc2ccc(F)cc2F)c1. The fraction of sp³-hybridized carbons (Fsp3) is 0.417. The van der Waals surface area contributed by atoms with Gasteiger partial charge in [-0.25, -0.2) is 8.78 Å². The van der Waals surface area contributed by atoms with Crippen LogP contribution in [0, 0.1) is 17.6 Å². The highest BCUT2D eigenvalue weighted by Gasteiger charge is 2.31. The normalized spacial score (nSPS) is 17.2. The number of anilines is 2. The van der Waals surface area contributed by atoms with Crippen LogP contribution in [-0.4, -0.2) is 23.9 Å². The van der Waals surface area contributed by atoms with Crippen LogP contribution in [0.3, 0.4) is 0 Å². The number of carbonyl (C=O) groups excluding carboxylic acids is 2. The minimum Gasteiger partial charge on any atom is -0.353 e. The number of benzene rings is 2. The molecule has 1 atom stereocenters. The predicted octanol–water partition coefficient (Wildman–Crippen LogP) is 4.67. The maximum absolute atomic E-state index is 13.9. The van der Waals surface area contributed by atoms with Gasteiger partial charge in [-0.15, -0.1) is 0 Å². The molecule has 0 spiro atoms. The molecule has 7 heteroatoms. The Hall–Kier alpha value is -2.96.